The summed E-state index contributed by atoms with van der Waals surface area (Å²) in [5.41, 5.74) is 15.0. The molecule has 2 nitrogen and oxygen atoms in total. The second-order valence-electron chi connectivity index (χ2n) is 17.2. The third-order valence-corrected chi connectivity index (χ3v) is 11.8. The van der Waals surface area contributed by atoms with Crippen molar-refractivity contribution in [1.29, 1.82) is 0 Å². The Balaban J connectivity index is 1.13. The fourth-order valence-electron chi connectivity index (χ4n) is 10.1. The van der Waals surface area contributed by atoms with E-state index in [1.165, 1.54) is 68.3 Å². The molecule has 0 saturated heterocycles. The Morgan fingerprint density at radius 1 is 0.426 bits per heavy atom. The van der Waals surface area contributed by atoms with E-state index >= 15 is 0 Å². The summed E-state index contributed by atoms with van der Waals surface area (Å²) in [6.45, 7) is 19.1. The van der Waals surface area contributed by atoms with Crippen molar-refractivity contribution < 1.29 is 9.47 Å². The van der Waals surface area contributed by atoms with Crippen LogP contribution in [0.5, 0.6) is 23.0 Å². The summed E-state index contributed by atoms with van der Waals surface area (Å²) in [7, 11) is 0. The first-order chi connectivity index (χ1) is 22.2. The second kappa shape index (κ2) is 9.22. The molecule has 0 spiro atoms. The first kappa shape index (κ1) is 28.9. The van der Waals surface area contributed by atoms with E-state index in [4.69, 9.17) is 9.47 Å². The summed E-state index contributed by atoms with van der Waals surface area (Å²) in [6, 6.07) is 34.0. The summed E-state index contributed by atoms with van der Waals surface area (Å²) in [5, 5.41) is 0. The molecule has 0 atom stereocenters. The molecule has 3 heteroatoms. The molecule has 0 amide bonds. The Morgan fingerprint density at radius 2 is 0.809 bits per heavy atom. The van der Waals surface area contributed by atoms with Gasteiger partial charge in [0.05, 0.1) is 0 Å². The molecule has 0 unspecified atom stereocenters. The van der Waals surface area contributed by atoms with E-state index in [9.17, 15) is 0 Å². The third kappa shape index (κ3) is 4.18. The first-order valence-electron chi connectivity index (χ1n) is 17.3. The van der Waals surface area contributed by atoms with Gasteiger partial charge in [-0.3, -0.25) is 0 Å². The van der Waals surface area contributed by atoms with Crippen LogP contribution in [0.25, 0.3) is 22.3 Å². The fraction of sp³-hybridized carbons (Fsp3) is 0.318. The molecule has 0 aromatic heterocycles. The van der Waals surface area contributed by atoms with E-state index in [0.717, 1.165) is 28.5 Å². The monoisotopic (exact) mass is 614 g/mol. The van der Waals surface area contributed by atoms with Gasteiger partial charge < -0.3 is 9.47 Å². The quantitative estimate of drug-likeness (QED) is 0.181. The number of hydrogen-bond acceptors (Lipinski definition) is 2. The highest BCUT2D eigenvalue weighted by Gasteiger charge is 2.44. The van der Waals surface area contributed by atoms with Gasteiger partial charge >= 0.3 is 0 Å². The molecule has 2 aliphatic carbocycles. The van der Waals surface area contributed by atoms with Crippen molar-refractivity contribution in [3.8, 4) is 45.3 Å². The van der Waals surface area contributed by atoms with Crippen molar-refractivity contribution in [3.05, 3.63) is 113 Å². The maximum Gasteiger partial charge on any atom is 0.260 e. The number of fused-ring (bicyclic) bond motifs is 6. The van der Waals surface area contributed by atoms with Crippen LogP contribution < -0.4 is 25.9 Å². The lowest BCUT2D eigenvalue weighted by atomic mass is 9.35. The van der Waals surface area contributed by atoms with E-state index in [1.54, 1.807) is 0 Å². The van der Waals surface area contributed by atoms with Crippen LogP contribution in [-0.2, 0) is 21.7 Å². The van der Waals surface area contributed by atoms with Crippen molar-refractivity contribution in [2.45, 2.75) is 89.9 Å². The number of hydrogen-bond donors (Lipinski definition) is 0. The van der Waals surface area contributed by atoms with E-state index in [1.807, 2.05) is 6.07 Å². The highest BCUT2D eigenvalue weighted by molar-refractivity contribution is 6.98. The van der Waals surface area contributed by atoms with Gasteiger partial charge in [-0.1, -0.05) is 122 Å². The van der Waals surface area contributed by atoms with Crippen molar-refractivity contribution in [2.75, 3.05) is 0 Å². The van der Waals surface area contributed by atoms with Gasteiger partial charge in [-0.2, -0.15) is 0 Å². The zero-order chi connectivity index (χ0) is 32.7. The minimum atomic E-state index is 0.0521. The normalized spacial score (nSPS) is 19.4. The van der Waals surface area contributed by atoms with Crippen molar-refractivity contribution in [3.63, 3.8) is 0 Å². The standard InChI is InChI=1S/C44H43BO2/c1-41(2)24-43(5,6)32-20-26(12-16-30(32)41)28-14-18-34-38(22-28)46-36-10-9-11-37-40(36)45(34)35-19-15-29(23-39(35)47-37)27-13-17-31-33(21-27)44(7,8)25-42(31,3)4/h9-23H,24-25H2,1-8H3. The summed E-state index contributed by atoms with van der Waals surface area (Å²) in [4.78, 5) is 0. The molecule has 5 aromatic rings. The van der Waals surface area contributed by atoms with E-state index in [0.29, 0.717) is 0 Å². The largest absolute Gasteiger partial charge is 0.458 e. The van der Waals surface area contributed by atoms with Crippen molar-refractivity contribution in [2.24, 2.45) is 0 Å². The average molecular weight is 615 g/mol. The van der Waals surface area contributed by atoms with Crippen LogP contribution in [0, 0.1) is 0 Å². The molecule has 4 aliphatic rings. The zero-order valence-corrected chi connectivity index (χ0v) is 29.0. The summed E-state index contributed by atoms with van der Waals surface area (Å²) < 4.78 is 13.3. The first-order valence-corrected chi connectivity index (χ1v) is 17.3. The van der Waals surface area contributed by atoms with E-state index in [-0.39, 0.29) is 28.4 Å². The average Bonchev–Trinajstić information content (AvgIpc) is 3.34. The lowest BCUT2D eigenvalue weighted by Crippen LogP contribution is -2.57. The van der Waals surface area contributed by atoms with Gasteiger partial charge in [0, 0.05) is 5.46 Å². The molecule has 0 N–H and O–H groups in total. The van der Waals surface area contributed by atoms with Crippen molar-refractivity contribution >= 4 is 23.1 Å². The van der Waals surface area contributed by atoms with Gasteiger partial charge in [0.25, 0.3) is 6.71 Å². The van der Waals surface area contributed by atoms with Crippen LogP contribution in [-0.4, -0.2) is 6.71 Å². The minimum absolute atomic E-state index is 0.0521. The van der Waals surface area contributed by atoms with Gasteiger partial charge in [-0.15, -0.1) is 0 Å². The predicted molar refractivity (Wildman–Crippen MR) is 196 cm³/mol. The predicted octanol–water partition coefficient (Wildman–Crippen LogP) is 9.67. The van der Waals surface area contributed by atoms with E-state index in [2.05, 4.69) is 140 Å². The Morgan fingerprint density at radius 3 is 1.26 bits per heavy atom. The molecule has 0 radical (unpaired) electrons. The summed E-state index contributed by atoms with van der Waals surface area (Å²) in [6.07, 6.45) is 2.33. The lowest BCUT2D eigenvalue weighted by molar-refractivity contribution is 0.402. The molecule has 0 fully saturated rings. The highest BCUT2D eigenvalue weighted by atomic mass is 16.5. The van der Waals surface area contributed by atoms with Gasteiger partial charge in [0.1, 0.15) is 23.0 Å². The third-order valence-electron chi connectivity index (χ3n) is 11.8. The molecule has 9 rings (SSSR count). The van der Waals surface area contributed by atoms with E-state index < -0.39 is 0 Å². The Bertz CT molecular complexity index is 2020. The summed E-state index contributed by atoms with van der Waals surface area (Å²) in [5.74, 6) is 3.62. The van der Waals surface area contributed by atoms with Crippen LogP contribution in [0.3, 0.4) is 0 Å². The van der Waals surface area contributed by atoms with Crippen LogP contribution in [0.2, 0.25) is 0 Å². The van der Waals surface area contributed by atoms with Gasteiger partial charge in [-0.25, -0.2) is 0 Å². The second-order valence-corrected chi connectivity index (χ2v) is 17.2. The van der Waals surface area contributed by atoms with Gasteiger partial charge in [0.15, 0.2) is 0 Å². The molecular formula is C44H43BO2. The molecule has 5 aromatic carbocycles. The SMILES string of the molecule is CC1(C)CC(C)(C)c2cc(-c3ccc4c(c3)Oc3cccc5c3B4c3ccc(-c4ccc6c(c4)C(C)(C)CC6(C)C)cc3O5)ccc21. The molecular weight excluding hydrogens is 571 g/mol. The number of ether oxygens (including phenoxy) is 2. The van der Waals surface area contributed by atoms with Crippen LogP contribution in [0.4, 0.5) is 0 Å². The minimum Gasteiger partial charge on any atom is -0.458 e. The molecule has 0 bridgehead atoms. The van der Waals surface area contributed by atoms with Crippen LogP contribution in [0.15, 0.2) is 91.0 Å². The van der Waals surface area contributed by atoms with Gasteiger partial charge in [-0.05, 0) is 114 Å². The number of rotatable bonds is 2. The molecule has 2 aliphatic heterocycles. The topological polar surface area (TPSA) is 18.5 Å². The Labute approximate surface area is 280 Å². The van der Waals surface area contributed by atoms with Crippen LogP contribution >= 0.6 is 0 Å². The number of benzene rings is 5. The van der Waals surface area contributed by atoms with Crippen LogP contribution in [0.1, 0.15) is 90.5 Å². The van der Waals surface area contributed by atoms with Gasteiger partial charge in [0.2, 0.25) is 0 Å². The maximum absolute atomic E-state index is 6.66. The zero-order valence-electron chi connectivity index (χ0n) is 29.0. The highest BCUT2D eigenvalue weighted by Crippen LogP contribution is 2.51. The van der Waals surface area contributed by atoms with Crippen molar-refractivity contribution in [1.82, 2.24) is 0 Å². The molecule has 234 valence electrons. The molecule has 2 heterocycles. The Kier molecular flexibility index (Phi) is 5.68. The lowest BCUT2D eigenvalue weighted by Gasteiger charge is -2.33. The molecule has 0 saturated carbocycles. The fourth-order valence-corrected chi connectivity index (χ4v) is 10.1. The smallest absolute Gasteiger partial charge is 0.260 e. The summed E-state index contributed by atoms with van der Waals surface area (Å²) >= 11 is 0. The molecule has 47 heavy (non-hydrogen) atoms. The Hall–Kier alpha value is -4.24. The maximum atomic E-state index is 6.66.